The molecule has 2 heterocycles. The molecule has 28 heavy (non-hydrogen) atoms. The summed E-state index contributed by atoms with van der Waals surface area (Å²) in [6.45, 7) is 5.08. The number of hydrogen-bond acceptors (Lipinski definition) is 7. The highest BCUT2D eigenvalue weighted by atomic mass is 16.5. The average Bonchev–Trinajstić information content (AvgIpc) is 2.74. The molecule has 3 rings (SSSR count). The number of quaternary nitrogens is 1. The number of rotatable bonds is 9. The van der Waals surface area contributed by atoms with Crippen molar-refractivity contribution in [3.63, 3.8) is 0 Å². The maximum atomic E-state index is 10.3. The van der Waals surface area contributed by atoms with Crippen LogP contribution in [0.3, 0.4) is 0 Å². The molecule has 1 fully saturated rings. The topological polar surface area (TPSA) is 81.4 Å². The second-order valence-electron chi connectivity index (χ2n) is 6.85. The lowest BCUT2D eigenvalue weighted by atomic mass is 10.2. The zero-order chi connectivity index (χ0) is 19.8. The fraction of sp³-hybridized carbons (Fsp3) is 0.500. The van der Waals surface area contributed by atoms with E-state index >= 15 is 0 Å². The number of aliphatic hydroxyl groups excluding tert-OH is 1. The van der Waals surface area contributed by atoms with Gasteiger partial charge in [0.2, 0.25) is 5.95 Å². The van der Waals surface area contributed by atoms with Gasteiger partial charge >= 0.3 is 0 Å². The summed E-state index contributed by atoms with van der Waals surface area (Å²) in [5.74, 6) is 2.14. The number of hydrogen-bond donors (Lipinski definition) is 2. The Morgan fingerprint density at radius 3 is 2.50 bits per heavy atom. The highest BCUT2D eigenvalue weighted by Crippen LogP contribution is 2.27. The Labute approximate surface area is 165 Å². The predicted molar refractivity (Wildman–Crippen MR) is 105 cm³/mol. The fourth-order valence-electron chi connectivity index (χ4n) is 3.36. The first-order valence-electron chi connectivity index (χ1n) is 9.52. The van der Waals surface area contributed by atoms with Gasteiger partial charge < -0.3 is 29.1 Å². The molecule has 8 heteroatoms. The quantitative estimate of drug-likeness (QED) is 0.614. The summed E-state index contributed by atoms with van der Waals surface area (Å²) < 4.78 is 16.2. The van der Waals surface area contributed by atoms with Gasteiger partial charge in [0.25, 0.3) is 0 Å². The molecule has 1 aliphatic rings. The molecule has 152 valence electrons. The summed E-state index contributed by atoms with van der Waals surface area (Å²) in [5, 5.41) is 10.3. The van der Waals surface area contributed by atoms with E-state index in [0.29, 0.717) is 31.3 Å². The van der Waals surface area contributed by atoms with E-state index in [2.05, 4.69) is 14.9 Å². The number of aliphatic hydroxyl groups is 1. The maximum Gasteiger partial charge on any atom is 0.225 e. The lowest BCUT2D eigenvalue weighted by Gasteiger charge is -2.33. The van der Waals surface area contributed by atoms with Gasteiger partial charge in [-0.3, -0.25) is 0 Å². The van der Waals surface area contributed by atoms with Crippen molar-refractivity contribution in [3.8, 4) is 11.5 Å². The molecule has 0 unspecified atom stereocenters. The van der Waals surface area contributed by atoms with Gasteiger partial charge in [-0.25, -0.2) is 9.97 Å². The molecule has 0 aliphatic carbocycles. The number of nitrogens with zero attached hydrogens (tertiary/aromatic N) is 3. The number of ether oxygens (including phenoxy) is 3. The molecule has 1 aromatic heterocycles. The Kier molecular flexibility index (Phi) is 7.41. The lowest BCUT2D eigenvalue weighted by molar-refractivity contribution is -0.903. The second kappa shape index (κ2) is 10.2. The van der Waals surface area contributed by atoms with E-state index in [9.17, 15) is 5.11 Å². The van der Waals surface area contributed by atoms with E-state index in [1.165, 1.54) is 4.90 Å². The third-order valence-corrected chi connectivity index (χ3v) is 4.86. The Morgan fingerprint density at radius 1 is 1.11 bits per heavy atom. The number of nitrogens with one attached hydrogen (secondary N) is 1. The molecular weight excluding hydrogens is 360 g/mol. The molecule has 1 saturated heterocycles. The van der Waals surface area contributed by atoms with Crippen LogP contribution in [0, 0.1) is 0 Å². The normalized spacial score (nSPS) is 16.0. The smallest absolute Gasteiger partial charge is 0.225 e. The first kappa shape index (κ1) is 20.3. The molecule has 1 atom stereocenters. The molecular formula is C20H29N4O4+. The molecule has 2 aromatic rings. The summed E-state index contributed by atoms with van der Waals surface area (Å²) in [6.07, 6.45) is 3.04. The van der Waals surface area contributed by atoms with Gasteiger partial charge in [-0.15, -0.1) is 0 Å². The van der Waals surface area contributed by atoms with Crippen molar-refractivity contribution in [3.05, 3.63) is 42.2 Å². The highest BCUT2D eigenvalue weighted by molar-refractivity contribution is 5.42. The maximum absolute atomic E-state index is 10.3. The SMILES string of the molecule is COc1ccc(COC[C@@H](O)C[NH+]2CCN(c3ncccn3)CC2)cc1OC. The molecule has 0 bridgehead atoms. The summed E-state index contributed by atoms with van der Waals surface area (Å²) in [5.41, 5.74) is 0.980. The van der Waals surface area contributed by atoms with Crippen molar-refractivity contribution < 1.29 is 24.2 Å². The molecule has 0 amide bonds. The zero-order valence-electron chi connectivity index (χ0n) is 16.5. The Balaban J connectivity index is 1.38. The van der Waals surface area contributed by atoms with Crippen LogP contribution in [0.1, 0.15) is 5.56 Å². The fourth-order valence-corrected chi connectivity index (χ4v) is 3.36. The third-order valence-electron chi connectivity index (χ3n) is 4.86. The van der Waals surface area contributed by atoms with Crippen molar-refractivity contribution >= 4 is 5.95 Å². The Morgan fingerprint density at radius 2 is 1.82 bits per heavy atom. The van der Waals surface area contributed by atoms with Crippen LogP contribution in [0.5, 0.6) is 11.5 Å². The van der Waals surface area contributed by atoms with Gasteiger partial charge in [-0.05, 0) is 23.8 Å². The first-order valence-corrected chi connectivity index (χ1v) is 9.52. The van der Waals surface area contributed by atoms with E-state index in [-0.39, 0.29) is 0 Å². The van der Waals surface area contributed by atoms with Crippen LogP contribution in [0.4, 0.5) is 5.95 Å². The molecule has 0 spiro atoms. The number of aromatic nitrogens is 2. The molecule has 0 saturated carbocycles. The van der Waals surface area contributed by atoms with Crippen molar-refractivity contribution in [2.75, 3.05) is 58.5 Å². The largest absolute Gasteiger partial charge is 0.493 e. The molecule has 1 aromatic carbocycles. The van der Waals surface area contributed by atoms with Crippen molar-refractivity contribution in [2.45, 2.75) is 12.7 Å². The van der Waals surface area contributed by atoms with Crippen LogP contribution in [-0.4, -0.2) is 74.7 Å². The minimum absolute atomic E-state index is 0.309. The van der Waals surface area contributed by atoms with Crippen molar-refractivity contribution in [1.29, 1.82) is 0 Å². The van der Waals surface area contributed by atoms with Gasteiger partial charge in [0.1, 0.15) is 12.6 Å². The van der Waals surface area contributed by atoms with Crippen LogP contribution in [0.15, 0.2) is 36.7 Å². The van der Waals surface area contributed by atoms with Crippen molar-refractivity contribution in [2.24, 2.45) is 0 Å². The van der Waals surface area contributed by atoms with Gasteiger partial charge in [-0.1, -0.05) is 6.07 Å². The molecule has 1 aliphatic heterocycles. The summed E-state index contributed by atoms with van der Waals surface area (Å²) in [4.78, 5) is 12.2. The minimum atomic E-state index is -0.491. The van der Waals surface area contributed by atoms with Crippen LogP contribution < -0.4 is 19.3 Å². The van der Waals surface area contributed by atoms with Gasteiger partial charge in [0.15, 0.2) is 11.5 Å². The average molecular weight is 389 g/mol. The van der Waals surface area contributed by atoms with E-state index in [1.54, 1.807) is 26.6 Å². The van der Waals surface area contributed by atoms with Crippen LogP contribution in [0.2, 0.25) is 0 Å². The van der Waals surface area contributed by atoms with Gasteiger partial charge in [0.05, 0.1) is 53.6 Å². The summed E-state index contributed by atoms with van der Waals surface area (Å²) >= 11 is 0. The lowest BCUT2D eigenvalue weighted by Crippen LogP contribution is -3.16. The standard InChI is InChI=1S/C20H28N4O4/c1-26-18-5-4-16(12-19(18)27-2)14-28-15-17(25)13-23-8-10-24(11-9-23)20-21-6-3-7-22-20/h3-7,12,17,25H,8-11,13-15H2,1-2H3/p+1/t17-/m0/s1. The van der Waals surface area contributed by atoms with E-state index in [1.807, 2.05) is 24.3 Å². The second-order valence-corrected chi connectivity index (χ2v) is 6.85. The highest BCUT2D eigenvalue weighted by Gasteiger charge is 2.23. The monoisotopic (exact) mass is 389 g/mol. The summed E-state index contributed by atoms with van der Waals surface area (Å²) in [6, 6.07) is 7.50. The third kappa shape index (κ3) is 5.54. The first-order chi connectivity index (χ1) is 13.7. The predicted octanol–water partition coefficient (Wildman–Crippen LogP) is -0.224. The van der Waals surface area contributed by atoms with Crippen LogP contribution >= 0.6 is 0 Å². The van der Waals surface area contributed by atoms with E-state index < -0.39 is 6.10 Å². The molecule has 8 nitrogen and oxygen atoms in total. The molecule has 0 radical (unpaired) electrons. The Bertz CT molecular complexity index is 723. The van der Waals surface area contributed by atoms with E-state index in [4.69, 9.17) is 14.2 Å². The van der Waals surface area contributed by atoms with Gasteiger partial charge in [-0.2, -0.15) is 0 Å². The van der Waals surface area contributed by atoms with E-state index in [0.717, 1.165) is 37.7 Å². The van der Waals surface area contributed by atoms with Crippen molar-refractivity contribution in [1.82, 2.24) is 9.97 Å². The van der Waals surface area contributed by atoms with Gasteiger partial charge in [0, 0.05) is 12.4 Å². The zero-order valence-corrected chi connectivity index (χ0v) is 16.5. The summed E-state index contributed by atoms with van der Waals surface area (Å²) in [7, 11) is 3.22. The number of piperazine rings is 1. The number of methoxy groups -OCH3 is 2. The number of anilines is 1. The van der Waals surface area contributed by atoms with Crippen LogP contribution in [-0.2, 0) is 11.3 Å². The number of benzene rings is 1. The molecule has 2 N–H and O–H groups in total. The minimum Gasteiger partial charge on any atom is -0.493 e. The van der Waals surface area contributed by atoms with Crippen LogP contribution in [0.25, 0.3) is 0 Å². The Hall–Kier alpha value is -2.42.